The summed E-state index contributed by atoms with van der Waals surface area (Å²) in [4.78, 5) is 0. The van der Waals surface area contributed by atoms with E-state index < -0.39 is 0 Å². The van der Waals surface area contributed by atoms with E-state index in [4.69, 9.17) is 27.4 Å². The van der Waals surface area contributed by atoms with Crippen LogP contribution in [0.3, 0.4) is 0 Å². The maximum Gasteiger partial charge on any atom is 0.131 e. The molecule has 0 saturated carbocycles. The lowest BCUT2D eigenvalue weighted by atomic mass is 10.1. The average Bonchev–Trinajstić information content (AvgIpc) is 2.41. The molecule has 5 heteroatoms. The fraction of sp³-hybridized carbons (Fsp3) is 0.133. The highest BCUT2D eigenvalue weighted by Crippen LogP contribution is 2.32. The summed E-state index contributed by atoms with van der Waals surface area (Å²) in [7, 11) is 1.71. The van der Waals surface area contributed by atoms with Crippen LogP contribution in [-0.4, -0.2) is 7.05 Å². The molecule has 4 nitrogen and oxygen atoms in total. The van der Waals surface area contributed by atoms with E-state index in [2.05, 4.69) is 6.07 Å². The van der Waals surface area contributed by atoms with E-state index in [0.29, 0.717) is 27.8 Å². The summed E-state index contributed by atoms with van der Waals surface area (Å²) in [5, 5.41) is 10.9. The molecule has 0 fully saturated rings. The second kappa shape index (κ2) is 5.83. The lowest BCUT2D eigenvalue weighted by Gasteiger charge is -2.15. The predicted molar refractivity (Wildman–Crippen MR) is 80.0 cm³/mol. The molecule has 0 amide bonds. The molecule has 0 saturated heterocycles. The van der Waals surface area contributed by atoms with Gasteiger partial charge in [0.15, 0.2) is 0 Å². The molecule has 20 heavy (non-hydrogen) atoms. The minimum atomic E-state index is 0.501. The van der Waals surface area contributed by atoms with Crippen LogP contribution in [0.4, 0.5) is 5.69 Å². The van der Waals surface area contributed by atoms with Crippen molar-refractivity contribution >= 4 is 17.3 Å². The van der Waals surface area contributed by atoms with Gasteiger partial charge in [-0.1, -0.05) is 17.7 Å². The predicted octanol–water partition coefficient (Wildman–Crippen LogP) is 3.62. The molecule has 0 spiro atoms. The van der Waals surface area contributed by atoms with Crippen LogP contribution in [0.15, 0.2) is 36.4 Å². The zero-order chi connectivity index (χ0) is 14.7. The number of halogens is 1. The van der Waals surface area contributed by atoms with Crippen molar-refractivity contribution in [3.63, 3.8) is 0 Å². The van der Waals surface area contributed by atoms with Gasteiger partial charge in [0, 0.05) is 18.7 Å². The van der Waals surface area contributed by atoms with Crippen LogP contribution in [-0.2, 0) is 0 Å². The Morgan fingerprint density at radius 1 is 1.30 bits per heavy atom. The first-order chi connectivity index (χ1) is 9.52. The maximum atomic E-state index is 9.00. The molecule has 0 heterocycles. The van der Waals surface area contributed by atoms with Crippen LogP contribution < -0.4 is 15.6 Å². The molecule has 2 aromatic carbocycles. The maximum absolute atomic E-state index is 9.00. The number of benzene rings is 2. The zero-order valence-electron chi connectivity index (χ0n) is 11.2. The highest BCUT2D eigenvalue weighted by atomic mass is 35.5. The van der Waals surface area contributed by atoms with Gasteiger partial charge in [0.1, 0.15) is 11.5 Å². The Bertz CT molecular complexity index is 677. The van der Waals surface area contributed by atoms with Crippen molar-refractivity contribution in [2.75, 3.05) is 12.1 Å². The van der Waals surface area contributed by atoms with E-state index in [1.165, 1.54) is 5.01 Å². The summed E-state index contributed by atoms with van der Waals surface area (Å²) >= 11 is 6.13. The quantitative estimate of drug-likeness (QED) is 0.692. The summed E-state index contributed by atoms with van der Waals surface area (Å²) in [6.45, 7) is 1.84. The van der Waals surface area contributed by atoms with Gasteiger partial charge in [-0.3, -0.25) is 0 Å². The first kappa shape index (κ1) is 14.2. The summed E-state index contributed by atoms with van der Waals surface area (Å²) in [5.74, 6) is 6.88. The Morgan fingerprint density at radius 3 is 2.65 bits per heavy atom. The molecular formula is C15H14ClN3O. The van der Waals surface area contributed by atoms with Crippen LogP contribution in [0.5, 0.6) is 11.5 Å². The number of nitriles is 1. The fourth-order valence-corrected chi connectivity index (χ4v) is 2.11. The van der Waals surface area contributed by atoms with Crippen molar-refractivity contribution in [3.8, 4) is 17.6 Å². The minimum absolute atomic E-state index is 0.501. The molecule has 2 rings (SSSR count). The van der Waals surface area contributed by atoms with Crippen LogP contribution in [0.2, 0.25) is 5.02 Å². The summed E-state index contributed by atoms with van der Waals surface area (Å²) < 4.78 is 5.77. The van der Waals surface area contributed by atoms with Gasteiger partial charge in [0.2, 0.25) is 0 Å². The first-order valence-corrected chi connectivity index (χ1v) is 6.36. The van der Waals surface area contributed by atoms with Gasteiger partial charge in [-0.05, 0) is 31.2 Å². The number of nitrogens with zero attached hydrogens (tertiary/aromatic N) is 2. The Kier molecular flexibility index (Phi) is 4.14. The van der Waals surface area contributed by atoms with Crippen LogP contribution >= 0.6 is 11.6 Å². The van der Waals surface area contributed by atoms with E-state index in [-0.39, 0.29) is 0 Å². The SMILES string of the molecule is Cc1c(C#N)cccc1Oc1ccc(N(C)N)c(Cl)c1. The lowest BCUT2D eigenvalue weighted by Crippen LogP contribution is -2.25. The summed E-state index contributed by atoms with van der Waals surface area (Å²) in [6, 6.07) is 12.7. The molecule has 0 unspecified atom stereocenters. The summed E-state index contributed by atoms with van der Waals surface area (Å²) in [6.07, 6.45) is 0. The van der Waals surface area contributed by atoms with Crippen LogP contribution in [0.1, 0.15) is 11.1 Å². The van der Waals surface area contributed by atoms with Crippen molar-refractivity contribution in [3.05, 3.63) is 52.5 Å². The van der Waals surface area contributed by atoms with Gasteiger partial charge < -0.3 is 9.75 Å². The van der Waals surface area contributed by atoms with E-state index in [9.17, 15) is 0 Å². The van der Waals surface area contributed by atoms with Crippen LogP contribution in [0, 0.1) is 18.3 Å². The number of rotatable bonds is 3. The number of hydrogen-bond acceptors (Lipinski definition) is 4. The lowest BCUT2D eigenvalue weighted by molar-refractivity contribution is 0.479. The normalized spacial score (nSPS) is 9.95. The standard InChI is InChI=1S/C15H14ClN3O/c1-10-11(9-17)4-3-5-15(10)20-12-6-7-14(19(2)18)13(16)8-12/h3-8H,18H2,1-2H3. The molecule has 0 aromatic heterocycles. The van der Waals surface area contributed by atoms with Crippen molar-refractivity contribution in [2.45, 2.75) is 6.92 Å². The van der Waals surface area contributed by atoms with Gasteiger partial charge in [-0.15, -0.1) is 0 Å². The minimum Gasteiger partial charge on any atom is -0.457 e. The largest absolute Gasteiger partial charge is 0.457 e. The first-order valence-electron chi connectivity index (χ1n) is 5.98. The molecule has 0 aliphatic heterocycles. The van der Waals surface area contributed by atoms with Gasteiger partial charge >= 0.3 is 0 Å². The molecule has 0 radical (unpaired) electrons. The van der Waals surface area contributed by atoms with Crippen molar-refractivity contribution < 1.29 is 4.74 Å². The molecule has 102 valence electrons. The third kappa shape index (κ3) is 2.85. The number of hydrogen-bond donors (Lipinski definition) is 1. The molecule has 2 N–H and O–H groups in total. The van der Waals surface area contributed by atoms with Gasteiger partial charge in [-0.2, -0.15) is 5.26 Å². The van der Waals surface area contributed by atoms with E-state index in [1.54, 1.807) is 37.4 Å². The van der Waals surface area contributed by atoms with E-state index >= 15 is 0 Å². The van der Waals surface area contributed by atoms with Gasteiger partial charge in [0.05, 0.1) is 22.3 Å². The number of nitrogens with two attached hydrogens (primary N) is 1. The topological polar surface area (TPSA) is 62.3 Å². The van der Waals surface area contributed by atoms with Crippen molar-refractivity contribution in [2.24, 2.45) is 5.84 Å². The number of anilines is 1. The van der Waals surface area contributed by atoms with E-state index in [0.717, 1.165) is 5.56 Å². The summed E-state index contributed by atoms with van der Waals surface area (Å²) in [5.41, 5.74) is 2.10. The highest BCUT2D eigenvalue weighted by Gasteiger charge is 2.08. The highest BCUT2D eigenvalue weighted by molar-refractivity contribution is 6.33. The van der Waals surface area contributed by atoms with Crippen molar-refractivity contribution in [1.82, 2.24) is 0 Å². The Labute approximate surface area is 122 Å². The molecular weight excluding hydrogens is 274 g/mol. The molecule has 0 atom stereocenters. The third-order valence-corrected chi connectivity index (χ3v) is 3.23. The zero-order valence-corrected chi connectivity index (χ0v) is 12.0. The average molecular weight is 288 g/mol. The van der Waals surface area contributed by atoms with Gasteiger partial charge in [0.25, 0.3) is 0 Å². The number of hydrazine groups is 1. The molecule has 0 aliphatic carbocycles. The molecule has 2 aromatic rings. The molecule has 0 aliphatic rings. The van der Waals surface area contributed by atoms with Crippen LogP contribution in [0.25, 0.3) is 0 Å². The Balaban J connectivity index is 2.32. The second-order valence-corrected chi connectivity index (χ2v) is 4.77. The van der Waals surface area contributed by atoms with Gasteiger partial charge in [-0.25, -0.2) is 5.84 Å². The van der Waals surface area contributed by atoms with Crippen molar-refractivity contribution in [1.29, 1.82) is 5.26 Å². The smallest absolute Gasteiger partial charge is 0.131 e. The Hall–Kier alpha value is -2.22. The third-order valence-electron chi connectivity index (χ3n) is 2.93. The molecule has 0 bridgehead atoms. The second-order valence-electron chi connectivity index (χ2n) is 4.37. The van der Waals surface area contributed by atoms with E-state index in [1.807, 2.05) is 13.0 Å². The fourth-order valence-electron chi connectivity index (χ4n) is 1.81. The Morgan fingerprint density at radius 2 is 2.05 bits per heavy atom. The number of ether oxygens (including phenoxy) is 1. The monoisotopic (exact) mass is 287 g/mol.